The van der Waals surface area contributed by atoms with Crippen molar-refractivity contribution < 1.29 is 9.18 Å². The van der Waals surface area contributed by atoms with Crippen LogP contribution in [0.25, 0.3) is 16.9 Å². The summed E-state index contributed by atoms with van der Waals surface area (Å²) in [5.74, 6) is 0.475. The summed E-state index contributed by atoms with van der Waals surface area (Å²) in [5.41, 5.74) is 3.71. The number of imidazole rings is 1. The largest absolute Gasteiger partial charge is 0.322 e. The minimum Gasteiger partial charge on any atom is -0.322 e. The number of rotatable bonds is 4. The van der Waals surface area contributed by atoms with E-state index in [2.05, 4.69) is 15.2 Å². The number of pyridine rings is 1. The molecule has 7 nitrogen and oxygen atoms in total. The van der Waals surface area contributed by atoms with E-state index in [4.69, 9.17) is 16.6 Å². The van der Waals surface area contributed by atoms with Gasteiger partial charge in [0.05, 0.1) is 12.2 Å². The summed E-state index contributed by atoms with van der Waals surface area (Å²) in [6, 6.07) is 15.5. The highest BCUT2D eigenvalue weighted by atomic mass is 35.5. The number of nitrogens with zero attached hydrogens (tertiary/aromatic N) is 5. The number of benzene rings is 2. The van der Waals surface area contributed by atoms with Crippen LogP contribution in [0.15, 0.2) is 60.8 Å². The fourth-order valence-electron chi connectivity index (χ4n) is 4.20. The Balaban J connectivity index is 1.30. The van der Waals surface area contributed by atoms with E-state index in [1.54, 1.807) is 23.2 Å². The molecular formula is C25H24ClFN6O. The standard InChI is InChI=1S/C25H24ClFN6O/c1-17-20(26)7-3-8-21(17)30-25(34)32-13-11-31(12-14-32)16-23-29-22-9-4-10-28-24(22)33(23)19-6-2-5-18(27)15-19/h2-10,15H,11-14,16H2,1H3,(H,30,34). The molecule has 1 aliphatic heterocycles. The highest BCUT2D eigenvalue weighted by Gasteiger charge is 2.24. The van der Waals surface area contributed by atoms with E-state index >= 15 is 0 Å². The Bertz CT molecular complexity index is 1350. The minimum absolute atomic E-state index is 0.138. The third kappa shape index (κ3) is 4.47. The molecule has 5 rings (SSSR count). The van der Waals surface area contributed by atoms with Gasteiger partial charge in [-0.15, -0.1) is 0 Å². The number of piperazine rings is 1. The fraction of sp³-hybridized carbons (Fsp3) is 0.240. The summed E-state index contributed by atoms with van der Waals surface area (Å²) in [6.45, 7) is 5.02. The van der Waals surface area contributed by atoms with Crippen LogP contribution >= 0.6 is 11.6 Å². The summed E-state index contributed by atoms with van der Waals surface area (Å²) in [7, 11) is 0. The van der Waals surface area contributed by atoms with Crippen molar-refractivity contribution in [2.45, 2.75) is 13.5 Å². The molecule has 0 aliphatic carbocycles. The molecule has 4 aromatic rings. The van der Waals surface area contributed by atoms with Crippen molar-refractivity contribution in [2.75, 3.05) is 31.5 Å². The van der Waals surface area contributed by atoms with Crippen molar-refractivity contribution in [3.05, 3.63) is 83.0 Å². The van der Waals surface area contributed by atoms with Crippen LogP contribution in [0.2, 0.25) is 5.02 Å². The molecule has 9 heteroatoms. The highest BCUT2D eigenvalue weighted by molar-refractivity contribution is 6.31. The molecular weight excluding hydrogens is 455 g/mol. The van der Waals surface area contributed by atoms with E-state index in [0.717, 1.165) is 22.6 Å². The molecule has 34 heavy (non-hydrogen) atoms. The quantitative estimate of drug-likeness (QED) is 0.454. The Morgan fingerprint density at radius 2 is 1.88 bits per heavy atom. The number of nitrogens with one attached hydrogen (secondary N) is 1. The van der Waals surface area contributed by atoms with Gasteiger partial charge in [0.2, 0.25) is 0 Å². The zero-order chi connectivity index (χ0) is 23.7. The first-order valence-corrected chi connectivity index (χ1v) is 11.5. The molecule has 0 unspecified atom stereocenters. The van der Waals surface area contributed by atoms with Gasteiger partial charge in [0, 0.05) is 43.1 Å². The van der Waals surface area contributed by atoms with Crippen molar-refractivity contribution in [3.63, 3.8) is 0 Å². The summed E-state index contributed by atoms with van der Waals surface area (Å²) in [4.78, 5) is 26.1. The van der Waals surface area contributed by atoms with E-state index in [9.17, 15) is 9.18 Å². The van der Waals surface area contributed by atoms with Gasteiger partial charge in [0.15, 0.2) is 5.65 Å². The van der Waals surface area contributed by atoms with Crippen LogP contribution in [0.5, 0.6) is 0 Å². The molecule has 0 atom stereocenters. The number of hydrogen-bond acceptors (Lipinski definition) is 4. The lowest BCUT2D eigenvalue weighted by molar-refractivity contribution is 0.140. The third-order valence-corrected chi connectivity index (χ3v) is 6.50. The van der Waals surface area contributed by atoms with Crippen LogP contribution in [-0.4, -0.2) is 56.5 Å². The molecule has 0 radical (unpaired) electrons. The van der Waals surface area contributed by atoms with Gasteiger partial charge in [-0.3, -0.25) is 9.47 Å². The molecule has 0 spiro atoms. The molecule has 1 saturated heterocycles. The Morgan fingerprint density at radius 3 is 2.68 bits per heavy atom. The average molecular weight is 479 g/mol. The van der Waals surface area contributed by atoms with Crippen LogP contribution in [0.4, 0.5) is 14.9 Å². The Kier molecular flexibility index (Phi) is 6.17. The lowest BCUT2D eigenvalue weighted by Gasteiger charge is -2.34. The Hall–Kier alpha value is -3.49. The van der Waals surface area contributed by atoms with Crippen molar-refractivity contribution in [2.24, 2.45) is 0 Å². The number of halogens is 2. The number of fused-ring (bicyclic) bond motifs is 1. The fourth-order valence-corrected chi connectivity index (χ4v) is 4.37. The van der Waals surface area contributed by atoms with E-state index in [0.29, 0.717) is 49.1 Å². The lowest BCUT2D eigenvalue weighted by atomic mass is 10.2. The Labute approximate surface area is 201 Å². The van der Waals surface area contributed by atoms with E-state index < -0.39 is 0 Å². The van der Waals surface area contributed by atoms with Crippen LogP contribution in [0.3, 0.4) is 0 Å². The van der Waals surface area contributed by atoms with Gasteiger partial charge in [-0.05, 0) is 55.0 Å². The highest BCUT2D eigenvalue weighted by Crippen LogP contribution is 2.24. The van der Waals surface area contributed by atoms with Crippen LogP contribution in [0.1, 0.15) is 11.4 Å². The van der Waals surface area contributed by atoms with Crippen LogP contribution in [0, 0.1) is 12.7 Å². The predicted octanol–water partition coefficient (Wildman–Crippen LogP) is 4.87. The molecule has 2 aromatic carbocycles. The zero-order valence-corrected chi connectivity index (χ0v) is 19.5. The molecule has 174 valence electrons. The van der Waals surface area contributed by atoms with Crippen molar-refractivity contribution >= 4 is 34.5 Å². The second-order valence-electron chi connectivity index (χ2n) is 8.30. The molecule has 0 saturated carbocycles. The first kappa shape index (κ1) is 22.3. The first-order chi connectivity index (χ1) is 16.5. The first-order valence-electron chi connectivity index (χ1n) is 11.1. The van der Waals surface area contributed by atoms with Crippen LogP contribution in [-0.2, 0) is 6.54 Å². The number of carbonyl (C=O) groups excluding carboxylic acids is 1. The normalized spacial score (nSPS) is 14.5. The molecule has 0 bridgehead atoms. The van der Waals surface area contributed by atoms with E-state index in [1.165, 1.54) is 12.1 Å². The number of aromatic nitrogens is 3. The smallest absolute Gasteiger partial charge is 0.321 e. The zero-order valence-electron chi connectivity index (χ0n) is 18.7. The maximum absolute atomic E-state index is 14.0. The molecule has 2 amide bonds. The molecule has 1 fully saturated rings. The number of hydrogen-bond donors (Lipinski definition) is 1. The van der Waals surface area contributed by atoms with Gasteiger partial charge in [0.25, 0.3) is 0 Å². The topological polar surface area (TPSA) is 66.3 Å². The number of carbonyl (C=O) groups is 1. The van der Waals surface area contributed by atoms with Gasteiger partial charge >= 0.3 is 6.03 Å². The number of anilines is 1. The Morgan fingerprint density at radius 1 is 1.09 bits per heavy atom. The van der Waals surface area contributed by atoms with Gasteiger partial charge in [-0.2, -0.15) is 0 Å². The van der Waals surface area contributed by atoms with E-state index in [1.807, 2.05) is 41.8 Å². The SMILES string of the molecule is Cc1c(Cl)cccc1NC(=O)N1CCN(Cc2nc3cccnc3n2-c2cccc(F)c2)CC1. The van der Waals surface area contributed by atoms with Crippen molar-refractivity contribution in [1.29, 1.82) is 0 Å². The summed E-state index contributed by atoms with van der Waals surface area (Å²) in [5, 5.41) is 3.59. The van der Waals surface area contributed by atoms with Gasteiger partial charge in [0.1, 0.15) is 17.2 Å². The average Bonchev–Trinajstić information content (AvgIpc) is 3.20. The van der Waals surface area contributed by atoms with Crippen molar-refractivity contribution in [3.8, 4) is 5.69 Å². The van der Waals surface area contributed by atoms with E-state index in [-0.39, 0.29) is 11.8 Å². The molecule has 1 N–H and O–H groups in total. The number of amides is 2. The molecule has 3 heterocycles. The van der Waals surface area contributed by atoms with Gasteiger partial charge in [-0.25, -0.2) is 19.2 Å². The maximum Gasteiger partial charge on any atom is 0.321 e. The summed E-state index contributed by atoms with van der Waals surface area (Å²) in [6.07, 6.45) is 1.71. The third-order valence-electron chi connectivity index (χ3n) is 6.09. The summed E-state index contributed by atoms with van der Waals surface area (Å²) < 4.78 is 15.9. The second kappa shape index (κ2) is 9.40. The summed E-state index contributed by atoms with van der Waals surface area (Å²) >= 11 is 6.17. The monoisotopic (exact) mass is 478 g/mol. The van der Waals surface area contributed by atoms with Crippen LogP contribution < -0.4 is 5.32 Å². The predicted molar refractivity (Wildman–Crippen MR) is 131 cm³/mol. The van der Waals surface area contributed by atoms with Gasteiger partial charge in [-0.1, -0.05) is 23.7 Å². The molecule has 1 aliphatic rings. The number of urea groups is 1. The van der Waals surface area contributed by atoms with Gasteiger partial charge < -0.3 is 10.2 Å². The molecule has 2 aromatic heterocycles. The second-order valence-corrected chi connectivity index (χ2v) is 8.70. The lowest BCUT2D eigenvalue weighted by Crippen LogP contribution is -2.49. The van der Waals surface area contributed by atoms with Crippen molar-refractivity contribution in [1.82, 2.24) is 24.3 Å². The minimum atomic E-state index is -0.309. The maximum atomic E-state index is 14.0.